The van der Waals surface area contributed by atoms with Gasteiger partial charge in [-0.15, -0.1) is 0 Å². The fraction of sp³-hybridized carbons (Fsp3) is 0.333. The Bertz CT molecular complexity index is 274. The van der Waals surface area contributed by atoms with Crippen LogP contribution < -0.4 is 0 Å². The lowest BCUT2D eigenvalue weighted by Gasteiger charge is -2.22. The zero-order valence-corrected chi connectivity index (χ0v) is 8.62. The van der Waals surface area contributed by atoms with Crippen molar-refractivity contribution < 1.29 is 0 Å². The first-order valence-corrected chi connectivity index (χ1v) is 4.53. The second-order valence-electron chi connectivity index (χ2n) is 3.53. The quantitative estimate of drug-likeness (QED) is 0.682. The molecule has 0 spiro atoms. The molecule has 1 nitrogen and oxygen atoms in total. The minimum absolute atomic E-state index is 0.391. The highest BCUT2D eigenvalue weighted by atomic mass is 15.1. The molecule has 13 heavy (non-hydrogen) atoms. The van der Waals surface area contributed by atoms with E-state index in [1.165, 1.54) is 11.1 Å². The van der Waals surface area contributed by atoms with Crippen LogP contribution in [0.3, 0.4) is 0 Å². The normalized spacial score (nSPS) is 12.9. The lowest BCUT2D eigenvalue weighted by molar-refractivity contribution is 0.373. The molecule has 0 aromatic heterocycles. The molecule has 0 saturated carbocycles. The van der Waals surface area contributed by atoms with Gasteiger partial charge in [-0.2, -0.15) is 0 Å². The Labute approximate surface area is 80.7 Å². The van der Waals surface area contributed by atoms with Crippen LogP contribution in [0.15, 0.2) is 36.9 Å². The maximum atomic E-state index is 4.10. The molecule has 0 saturated heterocycles. The molecule has 1 aromatic rings. The van der Waals surface area contributed by atoms with E-state index in [0.29, 0.717) is 6.04 Å². The summed E-state index contributed by atoms with van der Waals surface area (Å²) in [6.07, 6.45) is 0. The molecule has 0 amide bonds. The Balaban J connectivity index is 2.80. The first-order chi connectivity index (χ1) is 6.13. The van der Waals surface area contributed by atoms with Gasteiger partial charge in [-0.05, 0) is 32.2 Å². The van der Waals surface area contributed by atoms with E-state index in [-0.39, 0.29) is 0 Å². The SMILES string of the molecule is C=C(c1ccccc1)C(C)N(C)C. The standard InChI is InChI=1S/C12H17N/c1-10(11(2)13(3)4)12-8-6-5-7-9-12/h5-9,11H,1H2,2-4H3. The molecule has 1 unspecified atom stereocenters. The van der Waals surface area contributed by atoms with Gasteiger partial charge in [0.2, 0.25) is 0 Å². The fourth-order valence-electron chi connectivity index (χ4n) is 1.21. The van der Waals surface area contributed by atoms with Crippen molar-refractivity contribution in [2.75, 3.05) is 14.1 Å². The maximum Gasteiger partial charge on any atom is 0.0313 e. The minimum atomic E-state index is 0.391. The van der Waals surface area contributed by atoms with Gasteiger partial charge in [0.25, 0.3) is 0 Å². The van der Waals surface area contributed by atoms with Gasteiger partial charge in [0.1, 0.15) is 0 Å². The highest BCUT2D eigenvalue weighted by Crippen LogP contribution is 2.17. The minimum Gasteiger partial charge on any atom is -0.303 e. The lowest BCUT2D eigenvalue weighted by Crippen LogP contribution is -2.25. The molecule has 70 valence electrons. The lowest BCUT2D eigenvalue weighted by atomic mass is 10.0. The van der Waals surface area contributed by atoms with Crippen LogP contribution in [0.1, 0.15) is 12.5 Å². The van der Waals surface area contributed by atoms with Crippen molar-refractivity contribution in [1.82, 2.24) is 4.90 Å². The van der Waals surface area contributed by atoms with Crippen molar-refractivity contribution in [3.63, 3.8) is 0 Å². The van der Waals surface area contributed by atoms with Crippen LogP contribution in [0.4, 0.5) is 0 Å². The molecular weight excluding hydrogens is 158 g/mol. The highest BCUT2D eigenvalue weighted by Gasteiger charge is 2.09. The molecule has 0 radical (unpaired) electrons. The van der Waals surface area contributed by atoms with Gasteiger partial charge < -0.3 is 4.90 Å². The van der Waals surface area contributed by atoms with Crippen molar-refractivity contribution in [3.8, 4) is 0 Å². The first-order valence-electron chi connectivity index (χ1n) is 4.53. The number of nitrogens with zero attached hydrogens (tertiary/aromatic N) is 1. The maximum absolute atomic E-state index is 4.10. The highest BCUT2D eigenvalue weighted by molar-refractivity contribution is 5.66. The van der Waals surface area contributed by atoms with Gasteiger partial charge in [0.05, 0.1) is 0 Å². The molecule has 0 heterocycles. The fourth-order valence-corrected chi connectivity index (χ4v) is 1.21. The third kappa shape index (κ3) is 2.43. The zero-order chi connectivity index (χ0) is 9.84. The Morgan fingerprint density at radius 3 is 2.23 bits per heavy atom. The van der Waals surface area contributed by atoms with Crippen LogP contribution >= 0.6 is 0 Å². The van der Waals surface area contributed by atoms with Crippen LogP contribution in [-0.4, -0.2) is 25.0 Å². The zero-order valence-electron chi connectivity index (χ0n) is 8.62. The van der Waals surface area contributed by atoms with Gasteiger partial charge in [0.15, 0.2) is 0 Å². The smallest absolute Gasteiger partial charge is 0.0313 e. The van der Waals surface area contributed by atoms with Crippen LogP contribution in [0.2, 0.25) is 0 Å². The molecule has 0 fully saturated rings. The second kappa shape index (κ2) is 4.24. The molecule has 0 bridgehead atoms. The molecule has 0 aliphatic rings. The van der Waals surface area contributed by atoms with Crippen LogP contribution in [0.25, 0.3) is 5.57 Å². The molecule has 1 rings (SSSR count). The summed E-state index contributed by atoms with van der Waals surface area (Å²) in [5.74, 6) is 0. The third-order valence-corrected chi connectivity index (χ3v) is 2.42. The number of rotatable bonds is 3. The molecule has 0 aliphatic heterocycles. The van der Waals surface area contributed by atoms with E-state index in [2.05, 4.69) is 44.6 Å². The van der Waals surface area contributed by atoms with E-state index in [9.17, 15) is 0 Å². The van der Waals surface area contributed by atoms with Crippen LogP contribution in [0, 0.1) is 0 Å². The van der Waals surface area contributed by atoms with Crippen LogP contribution in [-0.2, 0) is 0 Å². The van der Waals surface area contributed by atoms with Crippen molar-refractivity contribution in [3.05, 3.63) is 42.5 Å². The summed E-state index contributed by atoms with van der Waals surface area (Å²) in [7, 11) is 4.14. The summed E-state index contributed by atoms with van der Waals surface area (Å²) in [4.78, 5) is 2.16. The second-order valence-corrected chi connectivity index (χ2v) is 3.53. The molecule has 0 N–H and O–H groups in total. The van der Waals surface area contributed by atoms with Gasteiger partial charge in [-0.25, -0.2) is 0 Å². The average molecular weight is 175 g/mol. The monoisotopic (exact) mass is 175 g/mol. The van der Waals surface area contributed by atoms with E-state index < -0.39 is 0 Å². The topological polar surface area (TPSA) is 3.24 Å². The molecule has 1 atom stereocenters. The van der Waals surface area contributed by atoms with Gasteiger partial charge in [-0.3, -0.25) is 0 Å². The summed E-state index contributed by atoms with van der Waals surface area (Å²) in [6, 6.07) is 10.7. The number of likely N-dealkylation sites (N-methyl/N-ethyl adjacent to an activating group) is 1. The Kier molecular flexibility index (Phi) is 3.26. The van der Waals surface area contributed by atoms with E-state index in [0.717, 1.165) is 0 Å². The summed E-state index contributed by atoms with van der Waals surface area (Å²) in [5, 5.41) is 0. The van der Waals surface area contributed by atoms with E-state index in [1.807, 2.05) is 18.2 Å². The molecule has 1 heteroatoms. The van der Waals surface area contributed by atoms with E-state index in [4.69, 9.17) is 0 Å². The first kappa shape index (κ1) is 10.0. The summed E-state index contributed by atoms with van der Waals surface area (Å²) < 4.78 is 0. The van der Waals surface area contributed by atoms with Crippen molar-refractivity contribution in [2.24, 2.45) is 0 Å². The van der Waals surface area contributed by atoms with Crippen molar-refractivity contribution in [2.45, 2.75) is 13.0 Å². The van der Waals surface area contributed by atoms with E-state index >= 15 is 0 Å². The Morgan fingerprint density at radius 1 is 1.23 bits per heavy atom. The van der Waals surface area contributed by atoms with Crippen molar-refractivity contribution in [1.29, 1.82) is 0 Å². The largest absolute Gasteiger partial charge is 0.303 e. The van der Waals surface area contributed by atoms with Crippen molar-refractivity contribution >= 4 is 5.57 Å². The number of hydrogen-bond acceptors (Lipinski definition) is 1. The van der Waals surface area contributed by atoms with Gasteiger partial charge in [0, 0.05) is 6.04 Å². The summed E-state index contributed by atoms with van der Waals surface area (Å²) in [6.45, 7) is 6.27. The third-order valence-electron chi connectivity index (χ3n) is 2.42. The summed E-state index contributed by atoms with van der Waals surface area (Å²) in [5.41, 5.74) is 2.40. The Morgan fingerprint density at radius 2 is 1.77 bits per heavy atom. The van der Waals surface area contributed by atoms with Gasteiger partial charge in [-0.1, -0.05) is 36.9 Å². The van der Waals surface area contributed by atoms with Crippen LogP contribution in [0.5, 0.6) is 0 Å². The number of hydrogen-bond donors (Lipinski definition) is 0. The van der Waals surface area contributed by atoms with Gasteiger partial charge >= 0.3 is 0 Å². The summed E-state index contributed by atoms with van der Waals surface area (Å²) >= 11 is 0. The molecule has 0 aliphatic carbocycles. The molecular formula is C12H17N. The number of benzene rings is 1. The Hall–Kier alpha value is -1.08. The molecule has 1 aromatic carbocycles. The predicted molar refractivity (Wildman–Crippen MR) is 58.6 cm³/mol. The average Bonchev–Trinajstić information content (AvgIpc) is 2.17. The van der Waals surface area contributed by atoms with E-state index in [1.54, 1.807) is 0 Å². The predicted octanol–water partition coefficient (Wildman–Crippen LogP) is 2.65.